The summed E-state index contributed by atoms with van der Waals surface area (Å²) in [4.78, 5) is 24.3. The molecule has 2 fully saturated rings. The summed E-state index contributed by atoms with van der Waals surface area (Å²) in [6.07, 6.45) is -0.126. The van der Waals surface area contributed by atoms with E-state index in [0.717, 1.165) is 84.0 Å². The average Bonchev–Trinajstić information content (AvgIpc) is 3.57. The second-order valence-corrected chi connectivity index (χ2v) is 11.3. The Hall–Kier alpha value is -4.68. The molecule has 1 amide bonds. The summed E-state index contributed by atoms with van der Waals surface area (Å²) < 4.78 is 42.6. The van der Waals surface area contributed by atoms with Gasteiger partial charge < -0.3 is 19.9 Å². The Morgan fingerprint density at radius 2 is 1.84 bits per heavy atom. The van der Waals surface area contributed by atoms with Crippen LogP contribution >= 0.6 is 0 Å². The second kappa shape index (κ2) is 12.0. The van der Waals surface area contributed by atoms with Gasteiger partial charge in [-0.05, 0) is 59.0 Å². The maximum Gasteiger partial charge on any atom is 0.490 e. The number of anilines is 1. The lowest BCUT2D eigenvalue weighted by Crippen LogP contribution is -2.35. The van der Waals surface area contributed by atoms with Crippen LogP contribution in [0.15, 0.2) is 60.7 Å². The van der Waals surface area contributed by atoms with E-state index in [1.807, 2.05) is 18.2 Å². The largest absolute Gasteiger partial charge is 0.497 e. The Labute approximate surface area is 256 Å². The van der Waals surface area contributed by atoms with Crippen molar-refractivity contribution in [2.45, 2.75) is 30.5 Å². The van der Waals surface area contributed by atoms with Crippen molar-refractivity contribution in [3.8, 4) is 5.75 Å². The zero-order valence-electron chi connectivity index (χ0n) is 24.4. The number of carbonyl (C=O) groups excluding carboxylic acids is 1. The van der Waals surface area contributed by atoms with Gasteiger partial charge in [0.25, 0.3) is 0 Å². The number of amides is 1. The molecule has 0 radical (unpaired) electrons. The zero-order valence-corrected chi connectivity index (χ0v) is 24.4. The van der Waals surface area contributed by atoms with Crippen LogP contribution in [-0.2, 0) is 26.3 Å². The number of carbonyl (C=O) groups is 2. The Morgan fingerprint density at radius 1 is 1.11 bits per heavy atom. The first-order chi connectivity index (χ1) is 21.6. The van der Waals surface area contributed by atoms with E-state index in [0.29, 0.717) is 0 Å². The van der Waals surface area contributed by atoms with Gasteiger partial charge in [-0.1, -0.05) is 42.5 Å². The standard InChI is InChI=1S/C31H30N4O3.C2HF3O2/c1-37-23-8-11-28-25(17-23)31(30(36)32-28)18-26(31)22-7-9-24-27(33-34-29(24)16-22)10-6-20-2-4-21(5-3-20)19-35-12-14-38-15-13-35;3-2(4,5)1(6)7/h2-11,16-17,26H,12-15,18-19H2,1H3,(H,32,36)(H,33,34);(H,6,7)/b10-6+;. The number of aromatic nitrogens is 2. The van der Waals surface area contributed by atoms with Crippen LogP contribution in [-0.4, -0.2) is 71.7 Å². The van der Waals surface area contributed by atoms with Crippen LogP contribution in [0.1, 0.15) is 40.3 Å². The molecule has 3 aliphatic rings. The summed E-state index contributed by atoms with van der Waals surface area (Å²) in [6.45, 7) is 4.59. The van der Waals surface area contributed by atoms with Crippen LogP contribution in [0.3, 0.4) is 0 Å². The lowest BCUT2D eigenvalue weighted by molar-refractivity contribution is -0.192. The Balaban J connectivity index is 0.000000460. The van der Waals surface area contributed by atoms with E-state index in [4.69, 9.17) is 19.4 Å². The number of fused-ring (bicyclic) bond motifs is 3. The molecule has 1 spiro atoms. The monoisotopic (exact) mass is 620 g/mol. The number of aromatic amines is 1. The molecule has 234 valence electrons. The molecule has 2 unspecified atom stereocenters. The van der Waals surface area contributed by atoms with Crippen molar-refractivity contribution in [2.75, 3.05) is 38.7 Å². The summed E-state index contributed by atoms with van der Waals surface area (Å²) in [5.41, 5.74) is 6.92. The van der Waals surface area contributed by atoms with Gasteiger partial charge in [0.1, 0.15) is 5.75 Å². The van der Waals surface area contributed by atoms with Crippen molar-refractivity contribution < 1.29 is 37.3 Å². The fourth-order valence-electron chi connectivity index (χ4n) is 6.03. The van der Waals surface area contributed by atoms with Crippen molar-refractivity contribution >= 4 is 40.6 Å². The van der Waals surface area contributed by atoms with E-state index >= 15 is 0 Å². The van der Waals surface area contributed by atoms with Gasteiger partial charge >= 0.3 is 12.1 Å². The molecule has 45 heavy (non-hydrogen) atoms. The van der Waals surface area contributed by atoms with Gasteiger partial charge in [-0.3, -0.25) is 14.8 Å². The van der Waals surface area contributed by atoms with E-state index in [9.17, 15) is 18.0 Å². The first-order valence-corrected chi connectivity index (χ1v) is 14.4. The first-order valence-electron chi connectivity index (χ1n) is 14.4. The number of aliphatic carboxylic acids is 1. The van der Waals surface area contributed by atoms with Crippen molar-refractivity contribution in [2.24, 2.45) is 0 Å². The molecule has 9 nitrogen and oxygen atoms in total. The highest BCUT2D eigenvalue weighted by Gasteiger charge is 2.65. The van der Waals surface area contributed by atoms with Crippen LogP contribution < -0.4 is 10.1 Å². The number of benzene rings is 3. The normalized spacial score (nSPS) is 21.0. The lowest BCUT2D eigenvalue weighted by Gasteiger charge is -2.26. The molecule has 2 atom stereocenters. The van der Waals surface area contributed by atoms with E-state index in [-0.39, 0.29) is 11.8 Å². The van der Waals surface area contributed by atoms with Crippen molar-refractivity contribution in [1.82, 2.24) is 15.1 Å². The third kappa shape index (κ3) is 6.16. The number of carboxylic acids is 1. The highest BCUT2D eigenvalue weighted by molar-refractivity contribution is 6.10. The fourth-order valence-corrected chi connectivity index (χ4v) is 6.03. The minimum Gasteiger partial charge on any atom is -0.497 e. The molecule has 1 saturated heterocycles. The number of hydrogen-bond donors (Lipinski definition) is 3. The zero-order chi connectivity index (χ0) is 31.8. The molecule has 3 heterocycles. The number of alkyl halides is 3. The molecule has 1 saturated carbocycles. The number of methoxy groups -OCH3 is 1. The fraction of sp³-hybridized carbons (Fsp3) is 0.303. The maximum absolute atomic E-state index is 13.0. The number of nitrogens with one attached hydrogen (secondary N) is 2. The van der Waals surface area contributed by atoms with E-state index in [1.165, 1.54) is 5.56 Å². The smallest absolute Gasteiger partial charge is 0.490 e. The molecular formula is C33H31F3N4O5. The van der Waals surface area contributed by atoms with Gasteiger partial charge in [-0.25, -0.2) is 4.79 Å². The molecular weight excluding hydrogens is 589 g/mol. The number of carboxylic acid groups (broad SMARTS) is 1. The van der Waals surface area contributed by atoms with E-state index in [1.54, 1.807) is 7.11 Å². The minimum absolute atomic E-state index is 0.0787. The third-order valence-corrected chi connectivity index (χ3v) is 8.51. The molecule has 3 N–H and O–H groups in total. The molecule has 2 aliphatic heterocycles. The molecule has 1 aromatic heterocycles. The lowest BCUT2D eigenvalue weighted by atomic mass is 9.91. The van der Waals surface area contributed by atoms with Crippen LogP contribution in [0.25, 0.3) is 23.1 Å². The number of hydrogen-bond acceptors (Lipinski definition) is 6. The predicted molar refractivity (Wildman–Crippen MR) is 162 cm³/mol. The summed E-state index contributed by atoms with van der Waals surface area (Å²) in [7, 11) is 1.66. The number of halogens is 3. The molecule has 1 aliphatic carbocycles. The van der Waals surface area contributed by atoms with Gasteiger partial charge in [0, 0.05) is 36.6 Å². The Morgan fingerprint density at radius 3 is 2.53 bits per heavy atom. The Kier molecular flexibility index (Phi) is 8.10. The maximum atomic E-state index is 13.0. The van der Waals surface area contributed by atoms with Crippen molar-refractivity contribution in [3.05, 3.63) is 88.6 Å². The van der Waals surface area contributed by atoms with Gasteiger partial charge in [-0.15, -0.1) is 0 Å². The summed E-state index contributed by atoms with van der Waals surface area (Å²) in [5.74, 6) is -1.77. The first kappa shape index (κ1) is 30.4. The van der Waals surface area contributed by atoms with Crippen molar-refractivity contribution in [1.29, 1.82) is 0 Å². The molecule has 7 rings (SSSR count). The van der Waals surface area contributed by atoms with Crippen LogP contribution in [0.4, 0.5) is 18.9 Å². The topological polar surface area (TPSA) is 117 Å². The van der Waals surface area contributed by atoms with Crippen LogP contribution in [0.2, 0.25) is 0 Å². The summed E-state index contributed by atoms with van der Waals surface area (Å²) >= 11 is 0. The Bertz CT molecular complexity index is 1760. The molecule has 12 heteroatoms. The number of morpholine rings is 1. The van der Waals surface area contributed by atoms with Crippen LogP contribution in [0, 0.1) is 0 Å². The van der Waals surface area contributed by atoms with E-state index in [2.05, 4.69) is 75.0 Å². The second-order valence-electron chi connectivity index (χ2n) is 11.3. The SMILES string of the molecule is COc1ccc2c(c1)C1(CC1c1ccc3c(/C=C/c4ccc(CN5CCOCC5)cc4)n[nH]c3c1)C(=O)N2.O=C(O)C(F)(F)F. The van der Waals surface area contributed by atoms with E-state index < -0.39 is 17.6 Å². The van der Waals surface area contributed by atoms with Crippen molar-refractivity contribution in [3.63, 3.8) is 0 Å². The predicted octanol–water partition coefficient (Wildman–Crippen LogP) is 5.58. The average molecular weight is 621 g/mol. The van der Waals surface area contributed by atoms with Gasteiger partial charge in [0.05, 0.1) is 36.9 Å². The van der Waals surface area contributed by atoms with Gasteiger partial charge in [0.2, 0.25) is 5.91 Å². The highest BCUT2D eigenvalue weighted by Crippen LogP contribution is 2.65. The highest BCUT2D eigenvalue weighted by atomic mass is 19.4. The number of ether oxygens (including phenoxy) is 2. The molecule has 3 aromatic carbocycles. The molecule has 0 bridgehead atoms. The van der Waals surface area contributed by atoms with Crippen LogP contribution in [0.5, 0.6) is 5.75 Å². The number of H-pyrrole nitrogens is 1. The summed E-state index contributed by atoms with van der Waals surface area (Å²) in [6, 6.07) is 20.9. The summed E-state index contributed by atoms with van der Waals surface area (Å²) in [5, 5.41) is 19.0. The number of rotatable bonds is 6. The quantitative estimate of drug-likeness (QED) is 0.258. The third-order valence-electron chi connectivity index (χ3n) is 8.51. The molecule has 4 aromatic rings. The van der Waals surface area contributed by atoms with Gasteiger partial charge in [-0.2, -0.15) is 18.3 Å². The minimum atomic E-state index is -5.08. The number of nitrogens with zero attached hydrogens (tertiary/aromatic N) is 2. The van der Waals surface area contributed by atoms with Gasteiger partial charge in [0.15, 0.2) is 0 Å².